The van der Waals surface area contributed by atoms with E-state index in [9.17, 15) is 13.2 Å². The van der Waals surface area contributed by atoms with E-state index in [4.69, 9.17) is 4.74 Å². The fourth-order valence-electron chi connectivity index (χ4n) is 3.70. The van der Waals surface area contributed by atoms with E-state index in [0.29, 0.717) is 18.2 Å². The van der Waals surface area contributed by atoms with Crippen LogP contribution in [0.2, 0.25) is 0 Å². The van der Waals surface area contributed by atoms with Crippen LogP contribution in [-0.4, -0.2) is 21.4 Å². The zero-order chi connectivity index (χ0) is 19.0. The van der Waals surface area contributed by atoms with Crippen molar-refractivity contribution in [1.82, 2.24) is 4.72 Å². The molecule has 0 heterocycles. The molecule has 0 radical (unpaired) electrons. The monoisotopic (exact) mass is 381 g/mol. The molecular weight excluding hydrogens is 362 g/mol. The first kappa shape index (κ1) is 17.5. The molecule has 4 rings (SSSR count). The topological polar surface area (TPSA) is 72.5 Å². The molecule has 0 bridgehead atoms. The highest BCUT2D eigenvalue weighted by molar-refractivity contribution is 7.90. The van der Waals surface area contributed by atoms with Crippen LogP contribution in [0.4, 0.5) is 0 Å². The Hall–Kier alpha value is -2.86. The van der Waals surface area contributed by atoms with Gasteiger partial charge in [0.1, 0.15) is 5.75 Å². The fraction of sp³-hybridized carbons (Fsp3) is 0.190. The van der Waals surface area contributed by atoms with Crippen molar-refractivity contribution < 1.29 is 17.9 Å². The number of sulfonamides is 1. The molecule has 0 spiro atoms. The van der Waals surface area contributed by atoms with Gasteiger partial charge in [0.15, 0.2) is 0 Å². The summed E-state index contributed by atoms with van der Waals surface area (Å²) in [6.07, 6.45) is 0.972. The number of ether oxygens (including phenoxy) is 1. The third-order valence-electron chi connectivity index (χ3n) is 5.01. The van der Waals surface area contributed by atoms with Crippen LogP contribution in [0.25, 0.3) is 10.8 Å². The molecule has 1 amide bonds. The molecule has 0 aliphatic heterocycles. The Morgan fingerprint density at radius 2 is 1.74 bits per heavy atom. The van der Waals surface area contributed by atoms with Gasteiger partial charge in [-0.1, -0.05) is 48.5 Å². The van der Waals surface area contributed by atoms with Gasteiger partial charge < -0.3 is 4.74 Å². The van der Waals surface area contributed by atoms with Crippen LogP contribution in [-0.2, 0) is 27.7 Å². The summed E-state index contributed by atoms with van der Waals surface area (Å²) in [6, 6.07) is 17.9. The van der Waals surface area contributed by atoms with E-state index in [0.717, 1.165) is 22.3 Å². The van der Waals surface area contributed by atoms with Crippen molar-refractivity contribution in [2.75, 3.05) is 7.11 Å². The molecule has 138 valence electrons. The first-order chi connectivity index (χ1) is 13.0. The quantitative estimate of drug-likeness (QED) is 0.754. The molecule has 1 N–H and O–H groups in total. The molecule has 1 aliphatic rings. The predicted molar refractivity (Wildman–Crippen MR) is 103 cm³/mol. The third-order valence-corrected chi connectivity index (χ3v) is 6.42. The summed E-state index contributed by atoms with van der Waals surface area (Å²) in [5.41, 5.74) is 2.00. The summed E-state index contributed by atoms with van der Waals surface area (Å²) in [6.45, 7) is 0. The Morgan fingerprint density at radius 1 is 1.00 bits per heavy atom. The average Bonchev–Trinajstić information content (AvgIpc) is 3.11. The molecule has 3 aromatic carbocycles. The lowest BCUT2D eigenvalue weighted by molar-refractivity contribution is -0.122. The minimum Gasteiger partial charge on any atom is -0.496 e. The largest absolute Gasteiger partial charge is 0.496 e. The number of methoxy groups -OCH3 is 1. The zero-order valence-electron chi connectivity index (χ0n) is 14.8. The number of carbonyl (C=O) groups is 1. The molecule has 0 aromatic heterocycles. The Bertz CT molecular complexity index is 1130. The molecule has 0 saturated heterocycles. The van der Waals surface area contributed by atoms with Gasteiger partial charge in [-0.2, -0.15) is 0 Å². The second kappa shape index (κ2) is 6.70. The predicted octanol–water partition coefficient (Wildman–Crippen LogP) is 3.07. The van der Waals surface area contributed by atoms with Gasteiger partial charge in [0.05, 0.1) is 12.0 Å². The minimum atomic E-state index is -3.96. The van der Waals surface area contributed by atoms with Crippen LogP contribution in [0.1, 0.15) is 11.1 Å². The highest BCUT2D eigenvalue weighted by atomic mass is 32.2. The fourth-order valence-corrected chi connectivity index (χ4v) is 4.97. The van der Waals surface area contributed by atoms with Gasteiger partial charge in [-0.25, -0.2) is 13.1 Å². The summed E-state index contributed by atoms with van der Waals surface area (Å²) < 4.78 is 33.3. The summed E-state index contributed by atoms with van der Waals surface area (Å²) in [7, 11) is -2.37. The lowest BCUT2D eigenvalue weighted by Gasteiger charge is -2.13. The molecule has 0 fully saturated rings. The molecule has 6 heteroatoms. The van der Waals surface area contributed by atoms with E-state index in [2.05, 4.69) is 4.72 Å². The summed E-state index contributed by atoms with van der Waals surface area (Å²) >= 11 is 0. The molecular formula is C21H19NO4S. The molecule has 3 aromatic rings. The first-order valence-corrected chi connectivity index (χ1v) is 10.2. The number of rotatable bonds is 4. The Kier molecular flexibility index (Phi) is 4.36. The van der Waals surface area contributed by atoms with Gasteiger partial charge in [-0.05, 0) is 41.5 Å². The van der Waals surface area contributed by atoms with Crippen LogP contribution < -0.4 is 9.46 Å². The second-order valence-electron chi connectivity index (χ2n) is 6.65. The van der Waals surface area contributed by atoms with Crippen molar-refractivity contribution in [3.05, 3.63) is 71.8 Å². The number of nitrogens with one attached hydrogen (secondary N) is 1. The highest BCUT2D eigenvalue weighted by Crippen LogP contribution is 2.34. The molecule has 1 unspecified atom stereocenters. The maximum absolute atomic E-state index is 12.9. The lowest BCUT2D eigenvalue weighted by Crippen LogP contribution is -2.36. The van der Waals surface area contributed by atoms with Gasteiger partial charge in [0.2, 0.25) is 5.91 Å². The van der Waals surface area contributed by atoms with Crippen molar-refractivity contribution in [3.8, 4) is 5.75 Å². The molecule has 1 aliphatic carbocycles. The number of fused-ring (bicyclic) bond motifs is 2. The van der Waals surface area contributed by atoms with Crippen LogP contribution in [0.5, 0.6) is 5.75 Å². The molecule has 27 heavy (non-hydrogen) atoms. The maximum Gasteiger partial charge on any atom is 0.264 e. The number of carbonyl (C=O) groups excluding carboxylic acids is 1. The van der Waals surface area contributed by atoms with Gasteiger partial charge in [-0.15, -0.1) is 0 Å². The smallest absolute Gasteiger partial charge is 0.264 e. The van der Waals surface area contributed by atoms with Crippen LogP contribution >= 0.6 is 0 Å². The Morgan fingerprint density at radius 3 is 2.56 bits per heavy atom. The van der Waals surface area contributed by atoms with Gasteiger partial charge in [0.25, 0.3) is 10.0 Å². The van der Waals surface area contributed by atoms with E-state index in [-0.39, 0.29) is 4.90 Å². The lowest BCUT2D eigenvalue weighted by atomic mass is 10.1. The number of hydrogen-bond acceptors (Lipinski definition) is 4. The summed E-state index contributed by atoms with van der Waals surface area (Å²) in [4.78, 5) is 12.8. The Balaban J connectivity index is 1.60. The molecule has 1 atom stereocenters. The van der Waals surface area contributed by atoms with Crippen molar-refractivity contribution >= 4 is 26.7 Å². The van der Waals surface area contributed by atoms with Gasteiger partial charge >= 0.3 is 0 Å². The Labute approximate surface area is 158 Å². The summed E-state index contributed by atoms with van der Waals surface area (Å²) in [5.74, 6) is -0.179. The van der Waals surface area contributed by atoms with E-state index >= 15 is 0 Å². The van der Waals surface area contributed by atoms with E-state index in [1.165, 1.54) is 6.07 Å². The average molecular weight is 381 g/mol. The van der Waals surface area contributed by atoms with E-state index in [1.54, 1.807) is 25.3 Å². The summed E-state index contributed by atoms with van der Waals surface area (Å²) in [5, 5.41) is 1.41. The number of benzene rings is 3. The van der Waals surface area contributed by atoms with Gasteiger partial charge in [0, 0.05) is 11.3 Å². The normalized spacial score (nSPS) is 16.1. The molecule has 0 saturated carbocycles. The van der Waals surface area contributed by atoms with Crippen molar-refractivity contribution in [3.63, 3.8) is 0 Å². The number of amides is 1. The minimum absolute atomic E-state index is 0.113. The van der Waals surface area contributed by atoms with E-state index < -0.39 is 21.8 Å². The zero-order valence-corrected chi connectivity index (χ0v) is 15.6. The first-order valence-electron chi connectivity index (χ1n) is 8.69. The molecule has 5 nitrogen and oxygen atoms in total. The highest BCUT2D eigenvalue weighted by Gasteiger charge is 2.32. The van der Waals surface area contributed by atoms with Crippen LogP contribution in [0.3, 0.4) is 0 Å². The van der Waals surface area contributed by atoms with Crippen molar-refractivity contribution in [2.24, 2.45) is 5.92 Å². The second-order valence-corrected chi connectivity index (χ2v) is 8.30. The van der Waals surface area contributed by atoms with Crippen molar-refractivity contribution in [1.29, 1.82) is 0 Å². The third kappa shape index (κ3) is 3.17. The number of hydrogen-bond donors (Lipinski definition) is 1. The van der Waals surface area contributed by atoms with Gasteiger partial charge in [-0.3, -0.25) is 4.79 Å². The maximum atomic E-state index is 12.9. The SMILES string of the molecule is COc1cccc2c1CC(C(=O)NS(=O)(=O)c1cccc3ccccc13)C2. The van der Waals surface area contributed by atoms with Crippen molar-refractivity contribution in [2.45, 2.75) is 17.7 Å². The van der Waals surface area contributed by atoms with Crippen LogP contribution in [0.15, 0.2) is 65.6 Å². The standard InChI is InChI=1S/C21H19NO4S/c1-26-19-10-4-8-15-12-16(13-18(15)19)21(23)22-27(24,25)20-11-5-7-14-6-2-3-9-17(14)20/h2-11,16H,12-13H2,1H3,(H,22,23). The van der Waals surface area contributed by atoms with Crippen LogP contribution in [0, 0.1) is 5.92 Å². The van der Waals surface area contributed by atoms with E-state index in [1.807, 2.05) is 36.4 Å².